The summed E-state index contributed by atoms with van der Waals surface area (Å²) in [6.45, 7) is 2.16. The van der Waals surface area contributed by atoms with Crippen molar-refractivity contribution in [1.29, 1.82) is 0 Å². The molecule has 0 radical (unpaired) electrons. The van der Waals surface area contributed by atoms with Gasteiger partial charge in [0.25, 0.3) is 0 Å². The van der Waals surface area contributed by atoms with Crippen molar-refractivity contribution in [2.75, 3.05) is 22.3 Å². The largest absolute Gasteiger partial charge is 0.573 e. The van der Waals surface area contributed by atoms with Gasteiger partial charge < -0.3 is 20.1 Å². The maximum atomic E-state index is 13.8. The van der Waals surface area contributed by atoms with Crippen molar-refractivity contribution in [3.8, 4) is 11.5 Å². The maximum absolute atomic E-state index is 13.8. The van der Waals surface area contributed by atoms with E-state index in [1.807, 2.05) is 13.0 Å². The molecule has 1 saturated heterocycles. The molecule has 5 rings (SSSR count). The second-order valence-corrected chi connectivity index (χ2v) is 6.90. The molecular weight excluding hydrogens is 422 g/mol. The Kier molecular flexibility index (Phi) is 4.15. The monoisotopic (exact) mass is 437 g/mol. The van der Waals surface area contributed by atoms with E-state index in [0.29, 0.717) is 24.0 Å². The third-order valence-corrected chi connectivity index (χ3v) is 4.80. The molecule has 162 valence electrons. The number of ether oxygens (including phenoxy) is 2. The number of nitrogens with one attached hydrogen (secondary N) is 3. The number of aliphatic imine (C=N–C) groups is 1. The number of hydrogen-bond donors (Lipinski definition) is 3. The Morgan fingerprint density at radius 1 is 1.23 bits per heavy atom. The summed E-state index contributed by atoms with van der Waals surface area (Å²) in [6, 6.07) is 8.39. The minimum absolute atomic E-state index is 0.0908. The zero-order valence-corrected chi connectivity index (χ0v) is 15.9. The van der Waals surface area contributed by atoms with Gasteiger partial charge in [-0.15, -0.1) is 13.2 Å². The van der Waals surface area contributed by atoms with Crippen LogP contribution in [0.3, 0.4) is 0 Å². The highest BCUT2D eigenvalue weighted by molar-refractivity contribution is 5.85. The molecular formula is C19H15F4N5O3. The molecule has 8 nitrogen and oxygen atoms in total. The third-order valence-electron chi connectivity index (χ3n) is 4.80. The van der Waals surface area contributed by atoms with Crippen molar-refractivity contribution >= 4 is 23.3 Å². The molecule has 0 spiro atoms. The Morgan fingerprint density at radius 3 is 2.87 bits per heavy atom. The molecule has 1 fully saturated rings. The van der Waals surface area contributed by atoms with Crippen LogP contribution in [0.25, 0.3) is 0 Å². The number of hydroxylamine groups is 1. The summed E-state index contributed by atoms with van der Waals surface area (Å²) < 4.78 is 60.8. The quantitative estimate of drug-likeness (QED) is 0.627. The van der Waals surface area contributed by atoms with Gasteiger partial charge in [-0.25, -0.2) is 19.7 Å². The van der Waals surface area contributed by atoms with Crippen LogP contribution in [-0.4, -0.2) is 25.3 Å². The van der Waals surface area contributed by atoms with Crippen LogP contribution < -0.4 is 30.5 Å². The summed E-state index contributed by atoms with van der Waals surface area (Å²) in [4.78, 5) is 11.8. The van der Waals surface area contributed by atoms with Crippen molar-refractivity contribution in [2.24, 2.45) is 4.99 Å². The van der Waals surface area contributed by atoms with E-state index < -0.39 is 23.9 Å². The van der Waals surface area contributed by atoms with E-state index in [4.69, 9.17) is 9.57 Å². The number of hydrogen-bond acceptors (Lipinski definition) is 8. The first-order valence-electron chi connectivity index (χ1n) is 9.09. The van der Waals surface area contributed by atoms with E-state index in [-0.39, 0.29) is 5.69 Å². The first-order valence-corrected chi connectivity index (χ1v) is 9.09. The number of halogens is 4. The molecule has 12 heteroatoms. The van der Waals surface area contributed by atoms with Crippen LogP contribution in [0, 0.1) is 5.82 Å². The van der Waals surface area contributed by atoms with Crippen LogP contribution in [0.15, 0.2) is 52.8 Å². The lowest BCUT2D eigenvalue weighted by molar-refractivity contribution is -0.275. The van der Waals surface area contributed by atoms with E-state index in [1.165, 1.54) is 6.07 Å². The first kappa shape index (κ1) is 19.3. The van der Waals surface area contributed by atoms with Crippen LogP contribution in [0.5, 0.6) is 11.5 Å². The molecule has 1 unspecified atom stereocenters. The topological polar surface area (TPSA) is 79.4 Å². The predicted molar refractivity (Wildman–Crippen MR) is 103 cm³/mol. The van der Waals surface area contributed by atoms with Crippen LogP contribution in [0.2, 0.25) is 0 Å². The normalized spacial score (nSPS) is 21.4. The number of rotatable bonds is 4. The van der Waals surface area contributed by atoms with Crippen LogP contribution in [0.4, 0.5) is 34.6 Å². The Hall–Kier alpha value is -3.67. The van der Waals surface area contributed by atoms with Crippen LogP contribution >= 0.6 is 0 Å². The fraction of sp³-hybridized carbons (Fsp3) is 0.211. The summed E-state index contributed by atoms with van der Waals surface area (Å²) in [6.07, 6.45) is -3.48. The predicted octanol–water partition coefficient (Wildman–Crippen LogP) is 3.87. The highest BCUT2D eigenvalue weighted by Gasteiger charge is 2.50. The minimum Gasteiger partial charge on any atom is -0.471 e. The average molecular weight is 437 g/mol. The lowest BCUT2D eigenvalue weighted by Crippen LogP contribution is -2.51. The van der Waals surface area contributed by atoms with Gasteiger partial charge in [0.05, 0.1) is 11.4 Å². The van der Waals surface area contributed by atoms with Gasteiger partial charge in [0.15, 0.2) is 18.3 Å². The van der Waals surface area contributed by atoms with E-state index in [1.54, 1.807) is 23.2 Å². The second-order valence-electron chi connectivity index (χ2n) is 6.90. The molecule has 31 heavy (non-hydrogen) atoms. The van der Waals surface area contributed by atoms with Gasteiger partial charge in [-0.05, 0) is 37.3 Å². The fourth-order valence-electron chi connectivity index (χ4n) is 3.45. The number of anilines is 3. The highest BCUT2D eigenvalue weighted by atomic mass is 19.4. The van der Waals surface area contributed by atoms with Gasteiger partial charge in [-0.3, -0.25) is 4.90 Å². The second kappa shape index (κ2) is 6.67. The maximum Gasteiger partial charge on any atom is 0.573 e. The van der Waals surface area contributed by atoms with Gasteiger partial charge in [0.1, 0.15) is 11.6 Å². The van der Waals surface area contributed by atoms with Crippen molar-refractivity contribution < 1.29 is 31.9 Å². The Morgan fingerprint density at radius 2 is 2.06 bits per heavy atom. The third kappa shape index (κ3) is 3.34. The summed E-state index contributed by atoms with van der Waals surface area (Å²) in [5.41, 5.74) is 5.07. The molecule has 1 atom stereocenters. The minimum atomic E-state index is -5.04. The van der Waals surface area contributed by atoms with E-state index in [0.717, 1.165) is 23.4 Å². The summed E-state index contributed by atoms with van der Waals surface area (Å²) in [7, 11) is 0. The Bertz CT molecular complexity index is 1120. The molecule has 0 aromatic heterocycles. The summed E-state index contributed by atoms with van der Waals surface area (Å²) in [5.74, 6) is -2.44. The number of nitrogens with zero attached hydrogens (tertiary/aromatic N) is 2. The van der Waals surface area contributed by atoms with E-state index in [2.05, 4.69) is 25.8 Å². The SMILES string of the molecule is CC1=C2NOC(Nc3ccc(F)c(OC(F)(F)F)c3)(N=C1)N2c1ccc2c(c1)NCO2. The van der Waals surface area contributed by atoms with Gasteiger partial charge in [0, 0.05) is 23.5 Å². The first-order chi connectivity index (χ1) is 14.7. The number of allylic oxidation sites excluding steroid dienone is 1. The lowest BCUT2D eigenvalue weighted by Gasteiger charge is -2.36. The molecule has 3 aliphatic rings. The van der Waals surface area contributed by atoms with Gasteiger partial charge >= 0.3 is 12.3 Å². The van der Waals surface area contributed by atoms with Gasteiger partial charge in [0.2, 0.25) is 0 Å². The Balaban J connectivity index is 1.52. The van der Waals surface area contributed by atoms with E-state index >= 15 is 0 Å². The summed E-state index contributed by atoms with van der Waals surface area (Å²) >= 11 is 0. The smallest absolute Gasteiger partial charge is 0.471 e. The molecule has 2 aromatic carbocycles. The molecule has 3 aliphatic heterocycles. The van der Waals surface area contributed by atoms with Crippen molar-refractivity contribution in [1.82, 2.24) is 5.48 Å². The number of benzene rings is 2. The molecule has 0 aliphatic carbocycles. The molecule has 2 bridgehead atoms. The zero-order chi connectivity index (χ0) is 21.8. The number of alkyl halides is 3. The highest BCUT2D eigenvalue weighted by Crippen LogP contribution is 2.42. The molecule has 3 heterocycles. The van der Waals surface area contributed by atoms with E-state index in [9.17, 15) is 17.6 Å². The van der Waals surface area contributed by atoms with Crippen LogP contribution in [-0.2, 0) is 4.84 Å². The summed E-state index contributed by atoms with van der Waals surface area (Å²) in [5, 5.41) is 6.01. The number of fused-ring (bicyclic) bond motifs is 3. The zero-order valence-electron chi connectivity index (χ0n) is 15.9. The Labute approximate surface area is 173 Å². The van der Waals surface area contributed by atoms with Crippen molar-refractivity contribution in [3.63, 3.8) is 0 Å². The van der Waals surface area contributed by atoms with Gasteiger partial charge in [-0.2, -0.15) is 0 Å². The standard InChI is InChI=1S/C19H15F4N5O3/c1-10-8-25-19(26-11-2-4-13(20)16(6-11)30-18(21,22)23)28(17(10)27-31-19)12-3-5-15-14(7-12)24-9-29-15/h2-8,24,26-27H,9H2,1H3. The molecule has 0 saturated carbocycles. The van der Waals surface area contributed by atoms with Crippen LogP contribution in [0.1, 0.15) is 6.92 Å². The molecule has 2 aromatic rings. The molecule has 0 amide bonds. The van der Waals surface area contributed by atoms with Crippen molar-refractivity contribution in [3.05, 3.63) is 53.6 Å². The average Bonchev–Trinajstić information content (AvgIpc) is 3.28. The fourth-order valence-corrected chi connectivity index (χ4v) is 3.45. The lowest BCUT2D eigenvalue weighted by atomic mass is 10.2. The van der Waals surface area contributed by atoms with Crippen molar-refractivity contribution in [2.45, 2.75) is 19.3 Å². The molecule has 3 N–H and O–H groups in total. The van der Waals surface area contributed by atoms with Gasteiger partial charge in [-0.1, -0.05) is 0 Å².